The molecule has 0 N–H and O–H groups in total. The van der Waals surface area contributed by atoms with Crippen LogP contribution in [0.4, 0.5) is 34.1 Å². The summed E-state index contributed by atoms with van der Waals surface area (Å²) in [4.78, 5) is 4.84. The van der Waals surface area contributed by atoms with E-state index >= 15 is 0 Å². The summed E-state index contributed by atoms with van der Waals surface area (Å²) in [6, 6.07) is 62.7. The van der Waals surface area contributed by atoms with E-state index in [9.17, 15) is 0 Å². The zero-order valence-corrected chi connectivity index (χ0v) is 34.2. The average Bonchev–Trinajstić information content (AvgIpc) is 3.59. The second-order valence-corrected chi connectivity index (χ2v) is 17.7. The SMILES string of the molecule is CC1(C)c2cc(/C=C/c3ccc4sc5ccc(N6c7ccccc7C=Cc7ccccc76)cc5c4c3)ccc2-c2ccc(N3c4ccccc4C=Cc4ccccc43)cc21. The minimum absolute atomic E-state index is 0.162. The van der Waals surface area contributed by atoms with Crippen molar-refractivity contribution in [1.82, 2.24) is 0 Å². The third-order valence-electron chi connectivity index (χ3n) is 12.7. The quantitative estimate of drug-likeness (QED) is 0.164. The van der Waals surface area contributed by atoms with Crippen molar-refractivity contribution in [3.05, 3.63) is 214 Å². The summed E-state index contributed by atoms with van der Waals surface area (Å²) in [6.45, 7) is 4.76. The zero-order valence-electron chi connectivity index (χ0n) is 33.4. The monoisotopic (exact) mass is 784 g/mol. The van der Waals surface area contributed by atoms with Gasteiger partial charge in [0.15, 0.2) is 0 Å². The molecule has 3 heterocycles. The molecule has 0 saturated carbocycles. The maximum absolute atomic E-state index is 2.43. The lowest BCUT2D eigenvalue weighted by Gasteiger charge is -2.29. The van der Waals surface area contributed by atoms with Crippen LogP contribution in [0.2, 0.25) is 0 Å². The van der Waals surface area contributed by atoms with Gasteiger partial charge in [-0.2, -0.15) is 0 Å². The van der Waals surface area contributed by atoms with Crippen LogP contribution in [0.25, 0.3) is 67.8 Å². The predicted molar refractivity (Wildman–Crippen MR) is 259 cm³/mol. The second kappa shape index (κ2) is 13.4. The van der Waals surface area contributed by atoms with E-state index in [1.807, 2.05) is 11.3 Å². The van der Waals surface area contributed by atoms with Gasteiger partial charge in [0.25, 0.3) is 0 Å². The van der Waals surface area contributed by atoms with Crippen molar-refractivity contribution in [3.63, 3.8) is 0 Å². The molecule has 0 atom stereocenters. The fourth-order valence-electron chi connectivity index (χ4n) is 9.71. The predicted octanol–water partition coefficient (Wildman–Crippen LogP) is 16.4. The van der Waals surface area contributed by atoms with E-state index in [2.05, 4.69) is 230 Å². The number of fused-ring (bicyclic) bond motifs is 10. The van der Waals surface area contributed by atoms with Crippen molar-refractivity contribution in [2.75, 3.05) is 9.80 Å². The van der Waals surface area contributed by atoms with Gasteiger partial charge in [-0.05, 0) is 122 Å². The van der Waals surface area contributed by atoms with Crippen molar-refractivity contribution in [2.45, 2.75) is 19.3 Å². The van der Waals surface area contributed by atoms with Gasteiger partial charge >= 0.3 is 0 Å². The Morgan fingerprint density at radius 2 is 0.800 bits per heavy atom. The molecule has 284 valence electrons. The van der Waals surface area contributed by atoms with Crippen LogP contribution in [0.5, 0.6) is 0 Å². The Morgan fingerprint density at radius 3 is 1.35 bits per heavy atom. The molecule has 0 spiro atoms. The molecule has 0 amide bonds. The first-order valence-corrected chi connectivity index (χ1v) is 21.6. The van der Waals surface area contributed by atoms with Gasteiger partial charge in [-0.25, -0.2) is 0 Å². The van der Waals surface area contributed by atoms with Gasteiger partial charge in [0, 0.05) is 37.0 Å². The van der Waals surface area contributed by atoms with Crippen LogP contribution in [0.15, 0.2) is 170 Å². The normalized spacial score (nSPS) is 14.4. The average molecular weight is 785 g/mol. The van der Waals surface area contributed by atoms with Gasteiger partial charge in [-0.1, -0.05) is 153 Å². The van der Waals surface area contributed by atoms with Crippen LogP contribution in [0, 0.1) is 0 Å². The van der Waals surface area contributed by atoms with E-state index in [0.717, 1.165) is 0 Å². The van der Waals surface area contributed by atoms with E-state index in [0.29, 0.717) is 0 Å². The highest BCUT2D eigenvalue weighted by molar-refractivity contribution is 7.25. The Hall–Kier alpha value is -7.20. The Labute approximate surface area is 354 Å². The molecule has 1 aromatic heterocycles. The number of rotatable bonds is 4. The summed E-state index contributed by atoms with van der Waals surface area (Å²) in [5, 5.41) is 2.58. The Morgan fingerprint density at radius 1 is 0.400 bits per heavy atom. The topological polar surface area (TPSA) is 6.48 Å². The van der Waals surface area contributed by atoms with Crippen molar-refractivity contribution in [2.24, 2.45) is 0 Å². The number of hydrogen-bond donors (Lipinski definition) is 0. The van der Waals surface area contributed by atoms with Crippen LogP contribution < -0.4 is 9.80 Å². The lowest BCUT2D eigenvalue weighted by molar-refractivity contribution is 0.660. The molecule has 0 unspecified atom stereocenters. The number of anilines is 6. The molecule has 12 rings (SSSR count). The summed E-state index contributed by atoms with van der Waals surface area (Å²) >= 11 is 1.87. The van der Waals surface area contributed by atoms with E-state index in [1.54, 1.807) is 0 Å². The van der Waals surface area contributed by atoms with E-state index in [1.165, 1.54) is 110 Å². The van der Waals surface area contributed by atoms with Gasteiger partial charge in [0.2, 0.25) is 0 Å². The molecule has 0 saturated heterocycles. The highest BCUT2D eigenvalue weighted by Crippen LogP contribution is 2.52. The van der Waals surface area contributed by atoms with Gasteiger partial charge < -0.3 is 9.80 Å². The van der Waals surface area contributed by atoms with E-state index in [4.69, 9.17) is 0 Å². The van der Waals surface area contributed by atoms with E-state index in [-0.39, 0.29) is 5.41 Å². The lowest BCUT2D eigenvalue weighted by atomic mass is 9.81. The highest BCUT2D eigenvalue weighted by atomic mass is 32.1. The smallest absolute Gasteiger partial charge is 0.0534 e. The number of benzene rings is 8. The zero-order chi connectivity index (χ0) is 40.0. The van der Waals surface area contributed by atoms with Crippen LogP contribution >= 0.6 is 11.3 Å². The number of thiophene rings is 1. The molecule has 0 radical (unpaired) electrons. The minimum Gasteiger partial charge on any atom is -0.309 e. The Kier molecular flexibility index (Phi) is 7.79. The maximum atomic E-state index is 2.43. The van der Waals surface area contributed by atoms with Crippen molar-refractivity contribution >= 4 is 102 Å². The number of hydrogen-bond acceptors (Lipinski definition) is 3. The summed E-state index contributed by atoms with van der Waals surface area (Å²) in [7, 11) is 0. The van der Waals surface area contributed by atoms with Crippen LogP contribution in [-0.4, -0.2) is 0 Å². The minimum atomic E-state index is -0.162. The van der Waals surface area contributed by atoms with Gasteiger partial charge in [0.05, 0.1) is 22.7 Å². The first-order chi connectivity index (χ1) is 29.5. The third kappa shape index (κ3) is 5.47. The molecule has 0 fully saturated rings. The van der Waals surface area contributed by atoms with Crippen LogP contribution in [-0.2, 0) is 5.41 Å². The van der Waals surface area contributed by atoms with Crippen LogP contribution in [0.3, 0.4) is 0 Å². The van der Waals surface area contributed by atoms with Crippen LogP contribution in [0.1, 0.15) is 58.4 Å². The molecule has 60 heavy (non-hydrogen) atoms. The molecule has 0 bridgehead atoms. The first kappa shape index (κ1) is 34.8. The van der Waals surface area contributed by atoms with Crippen molar-refractivity contribution < 1.29 is 0 Å². The fourth-order valence-corrected chi connectivity index (χ4v) is 10.8. The number of nitrogens with zero attached hydrogens (tertiary/aromatic N) is 2. The molecule has 3 heteroatoms. The molecular weight excluding hydrogens is 745 g/mol. The molecule has 2 nitrogen and oxygen atoms in total. The Bertz CT molecular complexity index is 3220. The van der Waals surface area contributed by atoms with Gasteiger partial charge in [-0.3, -0.25) is 0 Å². The van der Waals surface area contributed by atoms with E-state index < -0.39 is 0 Å². The lowest BCUT2D eigenvalue weighted by Crippen LogP contribution is -2.17. The third-order valence-corrected chi connectivity index (χ3v) is 13.9. The Balaban J connectivity index is 0.880. The summed E-state index contributed by atoms with van der Waals surface area (Å²) in [5.41, 5.74) is 19.6. The molecular formula is C57H40N2S. The first-order valence-electron chi connectivity index (χ1n) is 20.7. The largest absolute Gasteiger partial charge is 0.309 e. The number of para-hydroxylation sites is 4. The second-order valence-electron chi connectivity index (χ2n) is 16.6. The molecule has 8 aromatic carbocycles. The fraction of sp³-hybridized carbons (Fsp3) is 0.0526. The van der Waals surface area contributed by atoms with Crippen molar-refractivity contribution in [3.8, 4) is 11.1 Å². The maximum Gasteiger partial charge on any atom is 0.0534 e. The van der Waals surface area contributed by atoms with Gasteiger partial charge in [0.1, 0.15) is 0 Å². The molecule has 1 aliphatic carbocycles. The molecule has 2 aliphatic heterocycles. The highest BCUT2D eigenvalue weighted by Gasteiger charge is 2.36. The standard InChI is InChI=1S/C57H40N2S/c1-57(2)49-34-38(21-29-45(49)46-30-27-44(36-50(46)57)59-53-17-9-5-13-41(53)25-26-42-14-6-10-18-54(42)59)20-19-37-22-31-55-47(33-37)48-35-43(28-32-56(48)60-55)58-51-15-7-3-11-39(51)23-24-40-12-4-8-16-52(40)58/h3-36H,1-2H3/b20-19+. The summed E-state index contributed by atoms with van der Waals surface area (Å²) in [5.74, 6) is 0. The van der Waals surface area contributed by atoms with Crippen molar-refractivity contribution in [1.29, 1.82) is 0 Å². The molecule has 9 aromatic rings. The summed E-state index contributed by atoms with van der Waals surface area (Å²) < 4.78 is 2.60. The summed E-state index contributed by atoms with van der Waals surface area (Å²) in [6.07, 6.45) is 13.5. The van der Waals surface area contributed by atoms with Gasteiger partial charge in [-0.15, -0.1) is 11.3 Å². The molecule has 3 aliphatic rings.